The Balaban J connectivity index is 2.12. The molecule has 0 aliphatic heterocycles. The molecule has 0 spiro atoms. The highest BCUT2D eigenvalue weighted by Crippen LogP contribution is 2.12. The lowest BCUT2D eigenvalue weighted by atomic mass is 10.2. The summed E-state index contributed by atoms with van der Waals surface area (Å²) in [5.74, 6) is 0.712. The van der Waals surface area contributed by atoms with Gasteiger partial charge in [-0.05, 0) is 17.2 Å². The molecule has 0 unspecified atom stereocenters. The summed E-state index contributed by atoms with van der Waals surface area (Å²) < 4.78 is 0. The summed E-state index contributed by atoms with van der Waals surface area (Å²) in [5, 5.41) is 7.53. The first kappa shape index (κ1) is 10.8. The van der Waals surface area contributed by atoms with Crippen LogP contribution in [-0.4, -0.2) is 22.2 Å². The Hall–Kier alpha value is -1.68. The third kappa shape index (κ3) is 2.67. The van der Waals surface area contributed by atoms with Crippen molar-refractivity contribution in [3.63, 3.8) is 0 Å². The molecule has 0 amide bonds. The SMILES string of the molecule is CN(Cc1ccccc1)c1cnnc(Cl)n1. The molecule has 0 atom stereocenters. The Morgan fingerprint density at radius 1 is 1.25 bits per heavy atom. The Bertz CT molecular complexity index is 461. The molecule has 0 radical (unpaired) electrons. The first-order chi connectivity index (χ1) is 7.75. The topological polar surface area (TPSA) is 41.9 Å². The molecular formula is C11H11ClN4. The highest BCUT2D eigenvalue weighted by atomic mass is 35.5. The normalized spacial score (nSPS) is 10.1. The molecule has 82 valence electrons. The summed E-state index contributed by atoms with van der Waals surface area (Å²) in [4.78, 5) is 6.06. The van der Waals surface area contributed by atoms with Gasteiger partial charge in [-0.25, -0.2) is 0 Å². The van der Waals surface area contributed by atoms with Gasteiger partial charge in [0.05, 0.1) is 6.20 Å². The van der Waals surface area contributed by atoms with E-state index in [2.05, 4.69) is 27.3 Å². The number of hydrogen-bond acceptors (Lipinski definition) is 4. The van der Waals surface area contributed by atoms with Crippen LogP contribution in [0.25, 0.3) is 0 Å². The Kier molecular flexibility index (Phi) is 3.31. The average molecular weight is 235 g/mol. The van der Waals surface area contributed by atoms with E-state index in [-0.39, 0.29) is 5.28 Å². The smallest absolute Gasteiger partial charge is 0.244 e. The first-order valence-electron chi connectivity index (χ1n) is 4.86. The van der Waals surface area contributed by atoms with Crippen molar-refractivity contribution in [2.75, 3.05) is 11.9 Å². The van der Waals surface area contributed by atoms with E-state index >= 15 is 0 Å². The third-order valence-electron chi connectivity index (χ3n) is 2.17. The van der Waals surface area contributed by atoms with Gasteiger partial charge in [0, 0.05) is 13.6 Å². The molecule has 5 heteroatoms. The minimum absolute atomic E-state index is 0.164. The summed E-state index contributed by atoms with van der Waals surface area (Å²) in [6.45, 7) is 0.760. The van der Waals surface area contributed by atoms with Gasteiger partial charge in [-0.1, -0.05) is 30.3 Å². The lowest BCUT2D eigenvalue weighted by Crippen LogP contribution is -2.18. The van der Waals surface area contributed by atoms with Crippen molar-refractivity contribution in [1.29, 1.82) is 0 Å². The molecule has 2 rings (SSSR count). The Morgan fingerprint density at radius 3 is 2.69 bits per heavy atom. The van der Waals surface area contributed by atoms with E-state index < -0.39 is 0 Å². The van der Waals surface area contributed by atoms with Crippen molar-refractivity contribution in [1.82, 2.24) is 15.2 Å². The molecule has 0 saturated carbocycles. The summed E-state index contributed by atoms with van der Waals surface area (Å²) in [7, 11) is 1.94. The van der Waals surface area contributed by atoms with Crippen LogP contribution in [0.2, 0.25) is 5.28 Å². The van der Waals surface area contributed by atoms with Crippen LogP contribution in [0.5, 0.6) is 0 Å². The fraction of sp³-hybridized carbons (Fsp3) is 0.182. The number of benzene rings is 1. The van der Waals surface area contributed by atoms with E-state index in [4.69, 9.17) is 11.6 Å². The quantitative estimate of drug-likeness (QED) is 0.816. The molecule has 1 heterocycles. The zero-order chi connectivity index (χ0) is 11.4. The molecule has 1 aromatic carbocycles. The Morgan fingerprint density at radius 2 is 2.00 bits per heavy atom. The lowest BCUT2D eigenvalue weighted by Gasteiger charge is -2.17. The standard InChI is InChI=1S/C11H11ClN4/c1-16(8-9-5-3-2-4-6-9)10-7-13-15-11(12)14-10/h2-7H,8H2,1H3. The van der Waals surface area contributed by atoms with Gasteiger partial charge in [-0.3, -0.25) is 0 Å². The van der Waals surface area contributed by atoms with Gasteiger partial charge in [0.25, 0.3) is 0 Å². The molecule has 0 saturated heterocycles. The van der Waals surface area contributed by atoms with Crippen molar-refractivity contribution in [2.45, 2.75) is 6.54 Å². The molecule has 0 aliphatic carbocycles. The summed E-state index contributed by atoms with van der Waals surface area (Å²) in [5.41, 5.74) is 1.21. The summed E-state index contributed by atoms with van der Waals surface area (Å²) in [6, 6.07) is 10.1. The predicted octanol–water partition coefficient (Wildman–Crippen LogP) is 2.16. The fourth-order valence-electron chi connectivity index (χ4n) is 1.40. The monoisotopic (exact) mass is 234 g/mol. The molecule has 2 aromatic rings. The van der Waals surface area contributed by atoms with Crippen molar-refractivity contribution < 1.29 is 0 Å². The van der Waals surface area contributed by atoms with Gasteiger partial charge in [0.1, 0.15) is 0 Å². The molecule has 16 heavy (non-hydrogen) atoms. The maximum atomic E-state index is 5.68. The highest BCUT2D eigenvalue weighted by Gasteiger charge is 2.04. The van der Waals surface area contributed by atoms with Crippen molar-refractivity contribution in [3.8, 4) is 0 Å². The minimum Gasteiger partial charge on any atom is -0.354 e. The van der Waals surface area contributed by atoms with Crippen LogP contribution in [0.3, 0.4) is 0 Å². The van der Waals surface area contributed by atoms with Gasteiger partial charge in [-0.2, -0.15) is 10.1 Å². The molecule has 1 aromatic heterocycles. The van der Waals surface area contributed by atoms with Gasteiger partial charge in [-0.15, -0.1) is 5.10 Å². The molecule has 0 N–H and O–H groups in total. The van der Waals surface area contributed by atoms with Gasteiger partial charge in [0.2, 0.25) is 5.28 Å². The van der Waals surface area contributed by atoms with Crippen LogP contribution < -0.4 is 4.90 Å². The van der Waals surface area contributed by atoms with Crippen molar-refractivity contribution in [3.05, 3.63) is 47.4 Å². The first-order valence-corrected chi connectivity index (χ1v) is 5.24. The van der Waals surface area contributed by atoms with E-state index in [0.717, 1.165) is 6.54 Å². The molecule has 0 aliphatic rings. The van der Waals surface area contributed by atoms with E-state index in [9.17, 15) is 0 Å². The maximum absolute atomic E-state index is 5.68. The number of hydrogen-bond donors (Lipinski definition) is 0. The van der Waals surface area contributed by atoms with Crippen LogP contribution in [0.1, 0.15) is 5.56 Å². The van der Waals surface area contributed by atoms with E-state index in [1.807, 2.05) is 30.1 Å². The fourth-order valence-corrected chi connectivity index (χ4v) is 1.53. The second-order valence-electron chi connectivity index (χ2n) is 3.43. The van der Waals surface area contributed by atoms with Crippen LogP contribution in [0.4, 0.5) is 5.82 Å². The zero-order valence-electron chi connectivity index (χ0n) is 8.84. The largest absolute Gasteiger partial charge is 0.354 e. The van der Waals surface area contributed by atoms with Gasteiger partial charge in [0.15, 0.2) is 5.82 Å². The number of halogens is 1. The second kappa shape index (κ2) is 4.90. The maximum Gasteiger partial charge on any atom is 0.244 e. The zero-order valence-corrected chi connectivity index (χ0v) is 9.59. The summed E-state index contributed by atoms with van der Waals surface area (Å²) in [6.07, 6.45) is 1.59. The number of rotatable bonds is 3. The van der Waals surface area contributed by atoms with Crippen molar-refractivity contribution >= 4 is 17.4 Å². The van der Waals surface area contributed by atoms with Crippen LogP contribution in [0.15, 0.2) is 36.5 Å². The van der Waals surface area contributed by atoms with Crippen LogP contribution in [0, 0.1) is 0 Å². The average Bonchev–Trinajstić information content (AvgIpc) is 2.30. The molecule has 0 fully saturated rings. The summed E-state index contributed by atoms with van der Waals surface area (Å²) >= 11 is 5.68. The van der Waals surface area contributed by atoms with Gasteiger partial charge >= 0.3 is 0 Å². The van der Waals surface area contributed by atoms with Gasteiger partial charge < -0.3 is 4.90 Å². The van der Waals surface area contributed by atoms with Crippen LogP contribution >= 0.6 is 11.6 Å². The van der Waals surface area contributed by atoms with Crippen LogP contribution in [-0.2, 0) is 6.54 Å². The molecular weight excluding hydrogens is 224 g/mol. The number of nitrogens with zero attached hydrogens (tertiary/aromatic N) is 4. The second-order valence-corrected chi connectivity index (χ2v) is 3.76. The molecule has 4 nitrogen and oxygen atoms in total. The minimum atomic E-state index is 0.164. The predicted molar refractivity (Wildman–Crippen MR) is 63.4 cm³/mol. The highest BCUT2D eigenvalue weighted by molar-refractivity contribution is 6.28. The number of aromatic nitrogens is 3. The lowest BCUT2D eigenvalue weighted by molar-refractivity contribution is 0.862. The molecule has 0 bridgehead atoms. The van der Waals surface area contributed by atoms with E-state index in [0.29, 0.717) is 5.82 Å². The number of anilines is 1. The third-order valence-corrected chi connectivity index (χ3v) is 2.33. The van der Waals surface area contributed by atoms with Crippen molar-refractivity contribution in [2.24, 2.45) is 0 Å². The van der Waals surface area contributed by atoms with E-state index in [1.165, 1.54) is 5.56 Å². The van der Waals surface area contributed by atoms with E-state index in [1.54, 1.807) is 6.20 Å². The Labute approximate surface area is 98.9 Å².